The third kappa shape index (κ3) is 4.80. The van der Waals surface area contributed by atoms with Gasteiger partial charge in [0.15, 0.2) is 0 Å². The van der Waals surface area contributed by atoms with Crippen LogP contribution in [0.5, 0.6) is 0 Å². The van der Waals surface area contributed by atoms with E-state index in [4.69, 9.17) is 0 Å². The first-order valence-corrected chi connectivity index (χ1v) is 5.59. The van der Waals surface area contributed by atoms with Gasteiger partial charge in [0.2, 0.25) is 0 Å². The fourth-order valence-corrected chi connectivity index (χ4v) is 2.15. The summed E-state index contributed by atoms with van der Waals surface area (Å²) in [6.45, 7) is 0. The van der Waals surface area contributed by atoms with Crippen molar-refractivity contribution in [3.63, 3.8) is 0 Å². The van der Waals surface area contributed by atoms with Crippen LogP contribution in [-0.2, 0) is 0 Å². The van der Waals surface area contributed by atoms with Crippen LogP contribution in [0.1, 0.15) is 57.8 Å². The summed E-state index contributed by atoms with van der Waals surface area (Å²) in [7, 11) is 4.56. The second-order valence-electron chi connectivity index (χ2n) is 3.71. The Morgan fingerprint density at radius 3 is 1.45 bits per heavy atom. The van der Waals surface area contributed by atoms with E-state index < -0.39 is 0 Å². The zero-order chi connectivity index (χ0) is 7.94. The van der Waals surface area contributed by atoms with Crippen LogP contribution in [0.3, 0.4) is 0 Å². The minimum atomic E-state index is 0.702. The quantitative estimate of drug-likeness (QED) is 0.476. The second kappa shape index (κ2) is 6.00. The Kier molecular flexibility index (Phi) is 5.19. The smallest absolute Gasteiger partial charge is 0.0125 e. The zero-order valence-corrected chi connectivity index (χ0v) is 8.28. The van der Waals surface area contributed by atoms with Gasteiger partial charge in [0.1, 0.15) is 0 Å². The van der Waals surface area contributed by atoms with Gasteiger partial charge in [-0.15, -0.1) is 0 Å². The van der Waals surface area contributed by atoms with E-state index in [1.165, 1.54) is 57.8 Å². The van der Waals surface area contributed by atoms with Crippen LogP contribution >= 0.6 is 9.24 Å². The van der Waals surface area contributed by atoms with Gasteiger partial charge in [0, 0.05) is 0 Å². The lowest BCUT2D eigenvalue weighted by Gasteiger charge is -2.12. The van der Waals surface area contributed by atoms with E-state index >= 15 is 0 Å². The van der Waals surface area contributed by atoms with Crippen LogP contribution in [0.4, 0.5) is 0 Å². The molecule has 1 aliphatic rings. The van der Waals surface area contributed by atoms with Gasteiger partial charge in [0.25, 0.3) is 0 Å². The van der Waals surface area contributed by atoms with Gasteiger partial charge >= 0.3 is 0 Å². The molecule has 2 radical (unpaired) electrons. The van der Waals surface area contributed by atoms with E-state index in [-0.39, 0.29) is 0 Å². The molecule has 0 aromatic rings. The SMILES string of the molecule is [P]C1CCCCCCCCC1. The third-order valence-corrected chi connectivity index (χ3v) is 3.09. The standard InChI is InChI=1S/C10H19P/c11-10-8-6-4-2-1-3-5-7-9-10/h10H,1-9H2. The average molecular weight is 170 g/mol. The van der Waals surface area contributed by atoms with Crippen LogP contribution in [0.2, 0.25) is 0 Å². The molecular formula is C10H19P. The van der Waals surface area contributed by atoms with Gasteiger partial charge < -0.3 is 0 Å². The number of hydrogen-bond acceptors (Lipinski definition) is 0. The number of rotatable bonds is 0. The molecule has 0 bridgehead atoms. The van der Waals surface area contributed by atoms with Crippen molar-refractivity contribution in [2.75, 3.05) is 0 Å². The van der Waals surface area contributed by atoms with Crippen LogP contribution in [-0.4, -0.2) is 5.66 Å². The molecule has 0 spiro atoms. The summed E-state index contributed by atoms with van der Waals surface area (Å²) in [6, 6.07) is 0. The predicted octanol–water partition coefficient (Wildman–Crippen LogP) is 4.29. The lowest BCUT2D eigenvalue weighted by Crippen LogP contribution is -1.99. The molecule has 1 rings (SSSR count). The molecule has 0 amide bonds. The largest absolute Gasteiger partial charge is 0.0533 e. The monoisotopic (exact) mass is 170 g/mol. The fourth-order valence-electron chi connectivity index (χ4n) is 1.79. The highest BCUT2D eigenvalue weighted by Crippen LogP contribution is 2.21. The molecule has 0 heterocycles. The molecule has 0 atom stereocenters. The molecule has 1 saturated carbocycles. The first kappa shape index (κ1) is 9.52. The van der Waals surface area contributed by atoms with Crippen molar-refractivity contribution in [1.29, 1.82) is 0 Å². The minimum absolute atomic E-state index is 0.702. The lowest BCUT2D eigenvalue weighted by atomic mass is 10.0. The van der Waals surface area contributed by atoms with E-state index in [0.717, 1.165) is 0 Å². The molecule has 1 fully saturated rings. The Morgan fingerprint density at radius 1 is 0.636 bits per heavy atom. The van der Waals surface area contributed by atoms with Crippen molar-refractivity contribution < 1.29 is 0 Å². The maximum atomic E-state index is 4.56. The normalized spacial score (nSPS) is 24.8. The van der Waals surface area contributed by atoms with Crippen molar-refractivity contribution in [1.82, 2.24) is 0 Å². The molecule has 0 aliphatic heterocycles. The Bertz CT molecular complexity index is 80.9. The second-order valence-corrected chi connectivity index (χ2v) is 4.44. The minimum Gasteiger partial charge on any atom is -0.0533 e. The van der Waals surface area contributed by atoms with Crippen molar-refractivity contribution in [3.8, 4) is 0 Å². The molecule has 0 aromatic heterocycles. The molecule has 0 N–H and O–H groups in total. The topological polar surface area (TPSA) is 0 Å². The summed E-state index contributed by atoms with van der Waals surface area (Å²) in [4.78, 5) is 0. The van der Waals surface area contributed by atoms with E-state index in [1.54, 1.807) is 0 Å². The van der Waals surface area contributed by atoms with Crippen LogP contribution < -0.4 is 0 Å². The van der Waals surface area contributed by atoms with Gasteiger partial charge in [-0.25, -0.2) is 0 Å². The third-order valence-electron chi connectivity index (χ3n) is 2.57. The molecule has 1 heteroatoms. The first-order valence-electron chi connectivity index (χ1n) is 5.07. The van der Waals surface area contributed by atoms with Crippen molar-refractivity contribution in [2.45, 2.75) is 63.4 Å². The Hall–Kier alpha value is 0.430. The van der Waals surface area contributed by atoms with Crippen LogP contribution in [0, 0.1) is 0 Å². The fraction of sp³-hybridized carbons (Fsp3) is 1.00. The molecule has 0 nitrogen and oxygen atoms in total. The van der Waals surface area contributed by atoms with E-state index in [1.807, 2.05) is 0 Å². The van der Waals surface area contributed by atoms with Gasteiger partial charge in [-0.3, -0.25) is 0 Å². The maximum absolute atomic E-state index is 4.56. The van der Waals surface area contributed by atoms with Gasteiger partial charge in [-0.1, -0.05) is 44.9 Å². The van der Waals surface area contributed by atoms with Crippen LogP contribution in [0.25, 0.3) is 0 Å². The average Bonchev–Trinajstić information content (AvgIpc) is 2.03. The molecule has 0 aromatic carbocycles. The maximum Gasteiger partial charge on any atom is -0.0125 e. The van der Waals surface area contributed by atoms with Gasteiger partial charge in [-0.2, -0.15) is 0 Å². The van der Waals surface area contributed by atoms with E-state index in [2.05, 4.69) is 9.24 Å². The van der Waals surface area contributed by atoms with Gasteiger partial charge in [-0.05, 0) is 27.7 Å². The van der Waals surface area contributed by atoms with Crippen molar-refractivity contribution >= 4 is 9.24 Å². The summed E-state index contributed by atoms with van der Waals surface area (Å²) >= 11 is 0. The lowest BCUT2D eigenvalue weighted by molar-refractivity contribution is 0.511. The van der Waals surface area contributed by atoms with E-state index in [9.17, 15) is 0 Å². The Morgan fingerprint density at radius 2 is 1.00 bits per heavy atom. The number of hydrogen-bond donors (Lipinski definition) is 0. The molecule has 11 heavy (non-hydrogen) atoms. The summed E-state index contributed by atoms with van der Waals surface area (Å²) in [6.07, 6.45) is 12.8. The zero-order valence-electron chi connectivity index (χ0n) is 7.39. The summed E-state index contributed by atoms with van der Waals surface area (Å²) in [5.74, 6) is 0. The summed E-state index contributed by atoms with van der Waals surface area (Å²) < 4.78 is 0. The van der Waals surface area contributed by atoms with Crippen molar-refractivity contribution in [3.05, 3.63) is 0 Å². The predicted molar refractivity (Wildman–Crippen MR) is 52.3 cm³/mol. The van der Waals surface area contributed by atoms with Crippen LogP contribution in [0.15, 0.2) is 0 Å². The Balaban J connectivity index is 2.12. The molecule has 64 valence electrons. The highest BCUT2D eigenvalue weighted by atomic mass is 31.0. The van der Waals surface area contributed by atoms with Crippen molar-refractivity contribution in [2.24, 2.45) is 0 Å². The molecule has 0 saturated heterocycles. The highest BCUT2D eigenvalue weighted by molar-refractivity contribution is 7.17. The summed E-state index contributed by atoms with van der Waals surface area (Å²) in [5, 5.41) is 0. The molecule has 1 aliphatic carbocycles. The first-order chi connectivity index (χ1) is 5.39. The van der Waals surface area contributed by atoms with Gasteiger partial charge in [0.05, 0.1) is 0 Å². The summed E-state index contributed by atoms with van der Waals surface area (Å²) in [5.41, 5.74) is 0.702. The van der Waals surface area contributed by atoms with E-state index in [0.29, 0.717) is 5.66 Å². The Labute approximate surface area is 73.3 Å². The highest BCUT2D eigenvalue weighted by Gasteiger charge is 2.04. The molecule has 0 unspecified atom stereocenters. The molecular weight excluding hydrogens is 151 g/mol.